The van der Waals surface area contributed by atoms with Gasteiger partial charge in [-0.15, -0.1) is 0 Å². The van der Waals surface area contributed by atoms with Crippen LogP contribution in [0.1, 0.15) is 32.6 Å². The van der Waals surface area contributed by atoms with Crippen LogP contribution in [0.2, 0.25) is 0 Å². The van der Waals surface area contributed by atoms with Crippen molar-refractivity contribution in [2.45, 2.75) is 13.5 Å². The second-order valence-corrected chi connectivity index (χ2v) is 7.37. The number of carboxylic acid groups (broad SMARTS) is 1. The lowest BCUT2D eigenvalue weighted by Gasteiger charge is -2.09. The Morgan fingerprint density at radius 1 is 1.07 bits per heavy atom. The first-order valence-electron chi connectivity index (χ1n) is 8.89. The van der Waals surface area contributed by atoms with Crippen molar-refractivity contribution in [1.82, 2.24) is 0 Å². The number of ether oxygens (including phenoxy) is 1. The summed E-state index contributed by atoms with van der Waals surface area (Å²) in [7, 11) is 0. The van der Waals surface area contributed by atoms with Gasteiger partial charge in [-0.25, -0.2) is 4.79 Å². The number of aryl methyl sites for hydroxylation is 1. The first kappa shape index (κ1) is 20.4. The minimum absolute atomic E-state index is 0.243. The number of aromatic carboxylic acids is 1. The van der Waals surface area contributed by atoms with Crippen molar-refractivity contribution in [3.8, 4) is 11.8 Å². The second kappa shape index (κ2) is 9.22. The third-order valence-electron chi connectivity index (χ3n) is 4.35. The molecule has 3 aromatic rings. The maximum absolute atomic E-state index is 10.9. The first-order valence-corrected chi connectivity index (χ1v) is 9.69. The van der Waals surface area contributed by atoms with Crippen LogP contribution >= 0.6 is 15.9 Å². The summed E-state index contributed by atoms with van der Waals surface area (Å²) in [5, 5.41) is 18.5. The average molecular weight is 448 g/mol. The van der Waals surface area contributed by atoms with E-state index in [1.165, 1.54) is 0 Å². The SMILES string of the molecule is Cc1ccc(/C(C#N)=C\c2ccc(OCc3ccc(C(=O)O)cc3)c(Br)c2)cc1. The van der Waals surface area contributed by atoms with Crippen molar-refractivity contribution in [3.63, 3.8) is 0 Å². The summed E-state index contributed by atoms with van der Waals surface area (Å²) in [6.45, 7) is 2.33. The quantitative estimate of drug-likeness (QED) is 0.366. The summed E-state index contributed by atoms with van der Waals surface area (Å²) < 4.78 is 6.60. The Hall–Kier alpha value is -3.36. The van der Waals surface area contributed by atoms with E-state index in [1.54, 1.807) is 24.3 Å². The number of carbonyl (C=O) groups is 1. The molecule has 0 heterocycles. The fraction of sp³-hybridized carbons (Fsp3) is 0.0833. The van der Waals surface area contributed by atoms with Crippen molar-refractivity contribution in [1.29, 1.82) is 5.26 Å². The molecule has 0 bridgehead atoms. The fourth-order valence-electron chi connectivity index (χ4n) is 2.71. The molecule has 144 valence electrons. The number of nitriles is 1. The van der Waals surface area contributed by atoms with Crippen LogP contribution in [0, 0.1) is 18.3 Å². The Morgan fingerprint density at radius 3 is 2.31 bits per heavy atom. The van der Waals surface area contributed by atoms with E-state index in [0.29, 0.717) is 17.9 Å². The van der Waals surface area contributed by atoms with E-state index in [9.17, 15) is 10.1 Å². The minimum Gasteiger partial charge on any atom is -0.488 e. The zero-order chi connectivity index (χ0) is 20.8. The highest BCUT2D eigenvalue weighted by Crippen LogP contribution is 2.29. The Labute approximate surface area is 177 Å². The molecule has 0 atom stereocenters. The summed E-state index contributed by atoms with van der Waals surface area (Å²) in [6.07, 6.45) is 1.84. The van der Waals surface area contributed by atoms with Gasteiger partial charge in [-0.3, -0.25) is 0 Å². The normalized spacial score (nSPS) is 11.0. The van der Waals surface area contributed by atoms with E-state index >= 15 is 0 Å². The van der Waals surface area contributed by atoms with Crippen molar-refractivity contribution in [2.24, 2.45) is 0 Å². The zero-order valence-electron chi connectivity index (χ0n) is 15.7. The van der Waals surface area contributed by atoms with E-state index in [1.807, 2.05) is 55.5 Å². The number of benzene rings is 3. The molecule has 0 aliphatic rings. The Kier molecular flexibility index (Phi) is 6.48. The van der Waals surface area contributed by atoms with Gasteiger partial charge >= 0.3 is 5.97 Å². The largest absolute Gasteiger partial charge is 0.488 e. The molecule has 3 aromatic carbocycles. The smallest absolute Gasteiger partial charge is 0.335 e. The first-order chi connectivity index (χ1) is 14.0. The maximum atomic E-state index is 10.9. The van der Waals surface area contributed by atoms with Crippen molar-refractivity contribution >= 4 is 33.5 Å². The van der Waals surface area contributed by atoms with Crippen LogP contribution in [-0.4, -0.2) is 11.1 Å². The lowest BCUT2D eigenvalue weighted by atomic mass is 10.0. The predicted molar refractivity (Wildman–Crippen MR) is 117 cm³/mol. The molecule has 0 saturated heterocycles. The number of hydrogen-bond acceptors (Lipinski definition) is 3. The summed E-state index contributed by atoms with van der Waals surface area (Å²) in [6, 6.07) is 22.3. The second-order valence-electron chi connectivity index (χ2n) is 6.52. The molecule has 0 aliphatic heterocycles. The fourth-order valence-corrected chi connectivity index (χ4v) is 3.22. The molecular formula is C24H18BrNO3. The van der Waals surface area contributed by atoms with Crippen molar-refractivity contribution < 1.29 is 14.6 Å². The highest BCUT2D eigenvalue weighted by Gasteiger charge is 2.06. The van der Waals surface area contributed by atoms with Gasteiger partial charge < -0.3 is 9.84 Å². The molecule has 0 fully saturated rings. The minimum atomic E-state index is -0.953. The van der Waals surface area contributed by atoms with Crippen LogP contribution < -0.4 is 4.74 Å². The Morgan fingerprint density at radius 2 is 1.72 bits per heavy atom. The van der Waals surface area contributed by atoms with Gasteiger partial charge in [0.25, 0.3) is 0 Å². The Balaban J connectivity index is 1.73. The third kappa shape index (κ3) is 5.34. The molecule has 0 aromatic heterocycles. The number of halogens is 1. The molecule has 3 rings (SSSR count). The lowest BCUT2D eigenvalue weighted by molar-refractivity contribution is 0.0697. The monoisotopic (exact) mass is 447 g/mol. The van der Waals surface area contributed by atoms with Gasteiger partial charge in [0.1, 0.15) is 12.4 Å². The molecule has 0 saturated carbocycles. The summed E-state index contributed by atoms with van der Waals surface area (Å²) in [5.41, 5.74) is 4.61. The number of nitrogens with zero attached hydrogens (tertiary/aromatic N) is 1. The van der Waals surface area contributed by atoms with Crippen LogP contribution in [-0.2, 0) is 6.61 Å². The van der Waals surface area contributed by atoms with Crippen molar-refractivity contribution in [3.05, 3.63) is 99.0 Å². The summed E-state index contributed by atoms with van der Waals surface area (Å²) in [5.74, 6) is -0.287. The molecule has 0 aliphatic carbocycles. The molecular weight excluding hydrogens is 430 g/mol. The molecule has 5 heteroatoms. The number of rotatable bonds is 6. The van der Waals surface area contributed by atoms with Crippen molar-refractivity contribution in [2.75, 3.05) is 0 Å². The number of hydrogen-bond donors (Lipinski definition) is 1. The van der Waals surface area contributed by atoms with Gasteiger partial charge in [0.05, 0.1) is 21.7 Å². The molecule has 4 nitrogen and oxygen atoms in total. The number of carboxylic acids is 1. The van der Waals surface area contributed by atoms with E-state index in [0.717, 1.165) is 26.7 Å². The molecule has 0 amide bonds. The molecule has 0 unspecified atom stereocenters. The molecule has 0 radical (unpaired) electrons. The molecule has 29 heavy (non-hydrogen) atoms. The highest BCUT2D eigenvalue weighted by atomic mass is 79.9. The van der Waals surface area contributed by atoms with Crippen LogP contribution in [0.15, 0.2) is 71.2 Å². The predicted octanol–water partition coefficient (Wildman–Crippen LogP) is 6.10. The average Bonchev–Trinajstić information content (AvgIpc) is 2.72. The van der Waals surface area contributed by atoms with Gasteiger partial charge in [0.15, 0.2) is 0 Å². The van der Waals surface area contributed by atoms with E-state index in [2.05, 4.69) is 22.0 Å². The van der Waals surface area contributed by atoms with E-state index in [4.69, 9.17) is 9.84 Å². The lowest BCUT2D eigenvalue weighted by Crippen LogP contribution is -1.99. The topological polar surface area (TPSA) is 70.3 Å². The van der Waals surface area contributed by atoms with Crippen LogP contribution in [0.25, 0.3) is 11.6 Å². The Bertz CT molecular complexity index is 1090. The van der Waals surface area contributed by atoms with Gasteiger partial charge in [-0.2, -0.15) is 5.26 Å². The van der Waals surface area contributed by atoms with Crippen LogP contribution in [0.4, 0.5) is 0 Å². The van der Waals surface area contributed by atoms with E-state index in [-0.39, 0.29) is 5.56 Å². The highest BCUT2D eigenvalue weighted by molar-refractivity contribution is 9.10. The van der Waals surface area contributed by atoms with Crippen LogP contribution in [0.5, 0.6) is 5.75 Å². The molecule has 0 spiro atoms. The van der Waals surface area contributed by atoms with Crippen LogP contribution in [0.3, 0.4) is 0 Å². The van der Waals surface area contributed by atoms with Gasteiger partial charge in [0.2, 0.25) is 0 Å². The third-order valence-corrected chi connectivity index (χ3v) is 4.96. The van der Waals surface area contributed by atoms with Gasteiger partial charge in [-0.05, 0) is 69.9 Å². The number of allylic oxidation sites excluding steroid dienone is 1. The van der Waals surface area contributed by atoms with Gasteiger partial charge in [0, 0.05) is 0 Å². The maximum Gasteiger partial charge on any atom is 0.335 e. The zero-order valence-corrected chi connectivity index (χ0v) is 17.3. The standard InChI is InChI=1S/C24H18BrNO3/c1-16-2-7-19(8-3-16)21(14-26)12-18-6-11-23(22(25)13-18)29-15-17-4-9-20(10-5-17)24(27)28/h2-13H,15H2,1H3,(H,27,28)/b21-12-. The van der Waals surface area contributed by atoms with E-state index < -0.39 is 5.97 Å². The van der Waals surface area contributed by atoms with Gasteiger partial charge in [-0.1, -0.05) is 48.0 Å². The molecule has 1 N–H and O–H groups in total. The summed E-state index contributed by atoms with van der Waals surface area (Å²) in [4.78, 5) is 10.9. The summed E-state index contributed by atoms with van der Waals surface area (Å²) >= 11 is 3.51.